The van der Waals surface area contributed by atoms with Gasteiger partial charge in [-0.25, -0.2) is 9.82 Å². The molecule has 42 heavy (non-hydrogen) atoms. The van der Waals surface area contributed by atoms with Gasteiger partial charge in [0.15, 0.2) is 11.5 Å². The molecule has 0 aliphatic rings. The number of hydrogen-bond acceptors (Lipinski definition) is 5. The summed E-state index contributed by atoms with van der Waals surface area (Å²) in [5.41, 5.74) is 6.65. The zero-order chi connectivity index (χ0) is 29.6. The van der Waals surface area contributed by atoms with Crippen molar-refractivity contribution in [3.8, 4) is 17.2 Å². The molecule has 214 valence electrons. The van der Waals surface area contributed by atoms with E-state index < -0.39 is 5.91 Å². The lowest BCUT2D eigenvalue weighted by Gasteiger charge is -2.11. The van der Waals surface area contributed by atoms with Crippen LogP contribution in [0.25, 0.3) is 5.69 Å². The van der Waals surface area contributed by atoms with Crippen molar-refractivity contribution < 1.29 is 23.1 Å². The molecule has 3 aromatic carbocycles. The van der Waals surface area contributed by atoms with E-state index in [1.54, 1.807) is 42.5 Å². The molecule has 0 saturated heterocycles. The number of hydrazone groups is 1. The lowest BCUT2D eigenvalue weighted by atomic mass is 10.2. The van der Waals surface area contributed by atoms with Crippen molar-refractivity contribution in [2.75, 3.05) is 0 Å². The molecule has 0 unspecified atom stereocenters. The molecule has 0 saturated carbocycles. The van der Waals surface area contributed by atoms with E-state index in [0.29, 0.717) is 22.6 Å². The number of ether oxygens (including phenoxy) is 2. The Morgan fingerprint density at radius 1 is 0.929 bits per heavy atom. The van der Waals surface area contributed by atoms with Crippen LogP contribution in [0.1, 0.15) is 38.8 Å². The fraction of sp³-hybridized carbons (Fsp3) is 0.125. The molecule has 2 heterocycles. The van der Waals surface area contributed by atoms with E-state index >= 15 is 0 Å². The zero-order valence-electron chi connectivity index (χ0n) is 22.7. The summed E-state index contributed by atoms with van der Waals surface area (Å²) in [4.78, 5) is 12.5. The van der Waals surface area contributed by atoms with Gasteiger partial charge < -0.3 is 18.5 Å². The summed E-state index contributed by atoms with van der Waals surface area (Å²) in [5.74, 6) is 0.525. The zero-order valence-corrected chi connectivity index (χ0v) is 24.2. The van der Waals surface area contributed by atoms with Crippen LogP contribution in [0.4, 0.5) is 4.39 Å². The van der Waals surface area contributed by atoms with E-state index in [-0.39, 0.29) is 40.6 Å². The lowest BCUT2D eigenvalue weighted by molar-refractivity contribution is 0.0923. The maximum Gasteiger partial charge on any atom is 0.307 e. The second-order valence-electron chi connectivity index (χ2n) is 9.39. The number of benzene rings is 3. The molecule has 0 bridgehead atoms. The van der Waals surface area contributed by atoms with E-state index in [1.807, 2.05) is 24.3 Å². The van der Waals surface area contributed by atoms with Gasteiger partial charge in [-0.05, 0) is 86.1 Å². The Morgan fingerprint density at radius 3 is 2.31 bits per heavy atom. The third kappa shape index (κ3) is 6.84. The average Bonchev–Trinajstić information content (AvgIpc) is 3.58. The molecule has 0 atom stereocenters. The van der Waals surface area contributed by atoms with Crippen LogP contribution in [0.5, 0.6) is 11.5 Å². The van der Waals surface area contributed by atoms with Crippen LogP contribution >= 0.6 is 23.2 Å². The molecule has 0 aliphatic carbocycles. The van der Waals surface area contributed by atoms with Crippen LogP contribution in [0, 0.1) is 19.7 Å². The molecular formula is C32H26Cl2FN3O4. The number of halogens is 3. The van der Waals surface area contributed by atoms with Crippen LogP contribution in [0.3, 0.4) is 0 Å². The molecule has 0 fully saturated rings. The Labute approximate surface area is 252 Å². The molecule has 1 amide bonds. The van der Waals surface area contributed by atoms with Crippen molar-refractivity contribution in [3.63, 3.8) is 0 Å². The molecular weight excluding hydrogens is 580 g/mol. The Hall–Kier alpha value is -4.53. The third-order valence-electron chi connectivity index (χ3n) is 6.36. The summed E-state index contributed by atoms with van der Waals surface area (Å²) < 4.78 is 33.1. The smallest absolute Gasteiger partial charge is 0.307 e. The highest BCUT2D eigenvalue weighted by Gasteiger charge is 2.13. The van der Waals surface area contributed by atoms with Gasteiger partial charge in [-0.2, -0.15) is 5.10 Å². The number of aryl methyl sites for hydroxylation is 2. The monoisotopic (exact) mass is 605 g/mol. The van der Waals surface area contributed by atoms with Gasteiger partial charge in [0.2, 0.25) is 0 Å². The van der Waals surface area contributed by atoms with Gasteiger partial charge in [0.25, 0.3) is 0 Å². The van der Waals surface area contributed by atoms with Crippen LogP contribution in [0.2, 0.25) is 10.0 Å². The van der Waals surface area contributed by atoms with Gasteiger partial charge in [0.1, 0.15) is 30.5 Å². The average molecular weight is 606 g/mol. The molecule has 1 N–H and O–H groups in total. The molecule has 0 radical (unpaired) electrons. The molecule has 10 heteroatoms. The Bertz CT molecular complexity index is 1700. The van der Waals surface area contributed by atoms with E-state index in [2.05, 4.69) is 41.1 Å². The van der Waals surface area contributed by atoms with Gasteiger partial charge in [0.05, 0.1) is 16.3 Å². The van der Waals surface area contributed by atoms with Crippen LogP contribution < -0.4 is 14.9 Å². The maximum atomic E-state index is 13.9. The van der Waals surface area contributed by atoms with Crippen molar-refractivity contribution in [1.82, 2.24) is 9.99 Å². The van der Waals surface area contributed by atoms with Gasteiger partial charge in [0, 0.05) is 22.6 Å². The van der Waals surface area contributed by atoms with Crippen LogP contribution in [-0.2, 0) is 13.2 Å². The summed E-state index contributed by atoms with van der Waals surface area (Å²) in [7, 11) is 0. The number of nitrogens with zero attached hydrogens (tertiary/aromatic N) is 2. The van der Waals surface area contributed by atoms with Crippen molar-refractivity contribution in [1.29, 1.82) is 0 Å². The van der Waals surface area contributed by atoms with E-state index in [0.717, 1.165) is 17.1 Å². The largest absolute Gasteiger partial charge is 0.486 e. The Morgan fingerprint density at radius 2 is 1.62 bits per heavy atom. The number of hydrogen-bond donors (Lipinski definition) is 1. The number of carbonyl (C=O) groups excluding carboxylic acids is 1. The summed E-state index contributed by atoms with van der Waals surface area (Å²) in [6.45, 7) is 4.24. The molecule has 7 nitrogen and oxygen atoms in total. The van der Waals surface area contributed by atoms with Crippen molar-refractivity contribution in [3.05, 3.63) is 135 Å². The number of amides is 1. The van der Waals surface area contributed by atoms with E-state index in [9.17, 15) is 9.18 Å². The summed E-state index contributed by atoms with van der Waals surface area (Å²) in [6.07, 6.45) is 1.38. The first-order chi connectivity index (χ1) is 20.3. The van der Waals surface area contributed by atoms with Crippen LogP contribution in [-0.4, -0.2) is 16.7 Å². The maximum absolute atomic E-state index is 13.9. The minimum atomic E-state index is -0.540. The van der Waals surface area contributed by atoms with Crippen molar-refractivity contribution in [2.24, 2.45) is 5.10 Å². The highest BCUT2D eigenvalue weighted by molar-refractivity contribution is 6.37. The lowest BCUT2D eigenvalue weighted by Crippen LogP contribution is -2.16. The van der Waals surface area contributed by atoms with E-state index in [4.69, 9.17) is 37.1 Å². The molecule has 0 spiro atoms. The fourth-order valence-electron chi connectivity index (χ4n) is 4.28. The van der Waals surface area contributed by atoms with Gasteiger partial charge in [-0.3, -0.25) is 4.79 Å². The third-order valence-corrected chi connectivity index (χ3v) is 6.92. The first kappa shape index (κ1) is 29.0. The normalized spacial score (nSPS) is 11.2. The second kappa shape index (κ2) is 13.0. The first-order valence-corrected chi connectivity index (χ1v) is 13.7. The van der Waals surface area contributed by atoms with Gasteiger partial charge in [-0.1, -0.05) is 41.4 Å². The van der Waals surface area contributed by atoms with Crippen molar-refractivity contribution >= 4 is 35.3 Å². The number of aromatic nitrogens is 1. The van der Waals surface area contributed by atoms with Crippen molar-refractivity contribution in [2.45, 2.75) is 27.1 Å². The highest BCUT2D eigenvalue weighted by atomic mass is 35.5. The molecule has 5 rings (SSSR count). The predicted octanol–water partition coefficient (Wildman–Crippen LogP) is 8.05. The summed E-state index contributed by atoms with van der Waals surface area (Å²) in [5, 5.41) is 4.38. The highest BCUT2D eigenvalue weighted by Crippen LogP contribution is 2.34. The fourth-order valence-corrected chi connectivity index (χ4v) is 4.89. The summed E-state index contributed by atoms with van der Waals surface area (Å²) in [6, 6.07) is 24.5. The second-order valence-corrected chi connectivity index (χ2v) is 10.2. The number of carbonyl (C=O) groups is 1. The standard InChI is InChI=1S/C32H26Cl2FN3O4/c1-20-7-8-21(2)38(20)24-9-11-25(12-10-24)40-19-26-13-14-30(42-26)32(39)37-36-17-22-15-27(33)31(28(34)16-22)41-18-23-5-3-4-6-29(23)35/h3-17H,18-19H2,1-2H3,(H,37,39)/b36-17+. The Balaban J connectivity index is 1.13. The SMILES string of the molecule is Cc1ccc(C)n1-c1ccc(OCc2ccc(C(=O)N/N=C/c3cc(Cl)c(OCc4ccccc4F)c(Cl)c3)o2)cc1. The molecule has 0 aliphatic heterocycles. The number of furan rings is 1. The minimum absolute atomic E-state index is 0.0358. The number of nitrogens with one attached hydrogen (secondary N) is 1. The summed E-state index contributed by atoms with van der Waals surface area (Å²) >= 11 is 12.6. The molecule has 2 aromatic heterocycles. The van der Waals surface area contributed by atoms with Crippen LogP contribution in [0.15, 0.2) is 94.4 Å². The minimum Gasteiger partial charge on any atom is -0.486 e. The first-order valence-electron chi connectivity index (χ1n) is 12.9. The number of rotatable bonds is 10. The Kier molecular flexibility index (Phi) is 8.95. The van der Waals surface area contributed by atoms with Gasteiger partial charge in [-0.15, -0.1) is 0 Å². The predicted molar refractivity (Wildman–Crippen MR) is 161 cm³/mol. The van der Waals surface area contributed by atoms with E-state index in [1.165, 1.54) is 12.3 Å². The molecule has 5 aromatic rings. The van der Waals surface area contributed by atoms with Gasteiger partial charge >= 0.3 is 5.91 Å². The quantitative estimate of drug-likeness (QED) is 0.129. The topological polar surface area (TPSA) is 78.0 Å².